The molecule has 50 valence electrons. The summed E-state index contributed by atoms with van der Waals surface area (Å²) in [7, 11) is 0. The standard InChI is InChI=1S/C4H4O5/c1-2-3-4(5)7-9-8-6/h6H,1H3. The maximum atomic E-state index is 10.1. The molecule has 0 aromatic heterocycles. The Morgan fingerprint density at radius 3 is 2.78 bits per heavy atom. The van der Waals surface area contributed by atoms with Crippen LogP contribution in [0.5, 0.6) is 0 Å². The first-order valence-corrected chi connectivity index (χ1v) is 1.92. The third-order valence-corrected chi connectivity index (χ3v) is 0.367. The summed E-state index contributed by atoms with van der Waals surface area (Å²) in [5, 5.41) is 13.7. The molecule has 0 bridgehead atoms. The predicted molar refractivity (Wildman–Crippen MR) is 24.3 cm³/mol. The van der Waals surface area contributed by atoms with E-state index in [-0.39, 0.29) is 0 Å². The van der Waals surface area contributed by atoms with Crippen LogP contribution in [-0.4, -0.2) is 11.2 Å². The van der Waals surface area contributed by atoms with E-state index in [0.717, 1.165) is 0 Å². The molecule has 0 saturated heterocycles. The van der Waals surface area contributed by atoms with Crippen LogP contribution in [0.2, 0.25) is 0 Å². The molecule has 0 aliphatic heterocycles. The fourth-order valence-corrected chi connectivity index (χ4v) is 0.169. The molecule has 0 spiro atoms. The van der Waals surface area contributed by atoms with Crippen molar-refractivity contribution in [2.45, 2.75) is 6.92 Å². The van der Waals surface area contributed by atoms with E-state index in [2.05, 4.69) is 20.9 Å². The number of carbonyl (C=O) groups is 1. The maximum Gasteiger partial charge on any atom is 0.420 e. The molecule has 0 atom stereocenters. The van der Waals surface area contributed by atoms with Gasteiger partial charge in [0.2, 0.25) is 0 Å². The quantitative estimate of drug-likeness (QED) is 0.322. The van der Waals surface area contributed by atoms with Crippen molar-refractivity contribution in [3.05, 3.63) is 0 Å². The summed E-state index contributed by atoms with van der Waals surface area (Å²) in [6.45, 7) is 1.45. The third-order valence-electron chi connectivity index (χ3n) is 0.367. The van der Waals surface area contributed by atoms with Crippen LogP contribution in [-0.2, 0) is 19.8 Å². The van der Waals surface area contributed by atoms with Crippen LogP contribution in [0.1, 0.15) is 6.92 Å². The fraction of sp³-hybridized carbons (Fsp3) is 0.250. The van der Waals surface area contributed by atoms with E-state index in [4.69, 9.17) is 5.26 Å². The van der Waals surface area contributed by atoms with Crippen molar-refractivity contribution in [1.29, 1.82) is 0 Å². The molecule has 0 radical (unpaired) electrons. The largest absolute Gasteiger partial charge is 0.420 e. The average molecular weight is 132 g/mol. The van der Waals surface area contributed by atoms with Crippen LogP contribution in [0.4, 0.5) is 0 Å². The number of hydrogen-bond donors (Lipinski definition) is 1. The molecule has 1 N–H and O–H groups in total. The molecule has 0 aliphatic rings. The lowest BCUT2D eigenvalue weighted by Gasteiger charge is -1.88. The SMILES string of the molecule is CC#CC(=O)OOOO. The lowest BCUT2D eigenvalue weighted by molar-refractivity contribution is -0.604. The average Bonchev–Trinajstić information content (AvgIpc) is 1.85. The molecule has 0 aromatic rings. The summed E-state index contributed by atoms with van der Waals surface area (Å²) in [4.78, 5) is 13.7. The zero-order valence-corrected chi connectivity index (χ0v) is 4.58. The van der Waals surface area contributed by atoms with Crippen molar-refractivity contribution >= 4 is 5.97 Å². The van der Waals surface area contributed by atoms with Gasteiger partial charge in [-0.05, 0) is 12.0 Å². The molecule has 0 saturated carbocycles. The second kappa shape index (κ2) is 5.05. The Kier molecular flexibility index (Phi) is 4.44. The first kappa shape index (κ1) is 7.91. The van der Waals surface area contributed by atoms with Crippen LogP contribution < -0.4 is 0 Å². The summed E-state index contributed by atoms with van der Waals surface area (Å²) in [6, 6.07) is 0. The molecule has 5 heteroatoms. The van der Waals surface area contributed by atoms with E-state index < -0.39 is 5.97 Å². The van der Waals surface area contributed by atoms with Gasteiger partial charge in [0.1, 0.15) is 0 Å². The molecule has 5 nitrogen and oxygen atoms in total. The summed E-state index contributed by atoms with van der Waals surface area (Å²) in [5.74, 6) is 3.25. The zero-order valence-electron chi connectivity index (χ0n) is 4.58. The van der Waals surface area contributed by atoms with Crippen LogP contribution in [0.15, 0.2) is 0 Å². The summed E-state index contributed by atoms with van der Waals surface area (Å²) >= 11 is 0. The normalized spacial score (nSPS) is 7.33. The van der Waals surface area contributed by atoms with Gasteiger partial charge in [0.05, 0.1) is 0 Å². The van der Waals surface area contributed by atoms with Gasteiger partial charge in [0, 0.05) is 11.0 Å². The Hall–Kier alpha value is -1.09. The Morgan fingerprint density at radius 2 is 2.33 bits per heavy atom. The molecule has 0 aromatic carbocycles. The van der Waals surface area contributed by atoms with Crippen LogP contribution in [0.3, 0.4) is 0 Å². The fourth-order valence-electron chi connectivity index (χ4n) is 0.169. The van der Waals surface area contributed by atoms with Gasteiger partial charge in [-0.2, -0.15) is 0 Å². The van der Waals surface area contributed by atoms with Crippen molar-refractivity contribution in [1.82, 2.24) is 0 Å². The molecule has 0 unspecified atom stereocenters. The van der Waals surface area contributed by atoms with Crippen molar-refractivity contribution in [2.75, 3.05) is 0 Å². The van der Waals surface area contributed by atoms with E-state index in [0.29, 0.717) is 0 Å². The highest BCUT2D eigenvalue weighted by molar-refractivity contribution is 5.87. The molecule has 9 heavy (non-hydrogen) atoms. The van der Waals surface area contributed by atoms with Gasteiger partial charge in [-0.3, -0.25) is 4.89 Å². The monoisotopic (exact) mass is 132 g/mol. The topological polar surface area (TPSA) is 65.0 Å². The Balaban J connectivity index is 3.35. The van der Waals surface area contributed by atoms with Crippen molar-refractivity contribution in [3.63, 3.8) is 0 Å². The number of carbonyl (C=O) groups excluding carboxylic acids is 1. The highest BCUT2D eigenvalue weighted by Gasteiger charge is 1.95. The van der Waals surface area contributed by atoms with Gasteiger partial charge >= 0.3 is 5.97 Å². The van der Waals surface area contributed by atoms with Crippen molar-refractivity contribution in [3.8, 4) is 11.8 Å². The first-order chi connectivity index (χ1) is 4.31. The minimum Gasteiger partial charge on any atom is -0.252 e. The van der Waals surface area contributed by atoms with E-state index >= 15 is 0 Å². The highest BCUT2D eigenvalue weighted by atomic mass is 17.6. The molecular formula is C4H4O5. The van der Waals surface area contributed by atoms with Gasteiger partial charge < -0.3 is 0 Å². The van der Waals surface area contributed by atoms with E-state index in [1.807, 2.05) is 5.92 Å². The molecule has 0 heterocycles. The van der Waals surface area contributed by atoms with Crippen LogP contribution in [0.25, 0.3) is 0 Å². The summed E-state index contributed by atoms with van der Waals surface area (Å²) < 4.78 is 0. The maximum absolute atomic E-state index is 10.1. The molecule has 0 aliphatic carbocycles. The van der Waals surface area contributed by atoms with E-state index in [9.17, 15) is 4.79 Å². The number of hydrogen-bond acceptors (Lipinski definition) is 5. The third kappa shape index (κ3) is 4.77. The van der Waals surface area contributed by atoms with Gasteiger partial charge in [0.15, 0.2) is 0 Å². The van der Waals surface area contributed by atoms with Crippen molar-refractivity contribution in [2.24, 2.45) is 0 Å². The minimum absolute atomic E-state index is 0.938. The Labute approximate surface area is 50.9 Å². The molecule has 0 fully saturated rings. The molecule has 0 amide bonds. The van der Waals surface area contributed by atoms with Gasteiger partial charge in [-0.1, -0.05) is 5.92 Å². The number of rotatable bonds is 2. The van der Waals surface area contributed by atoms with Crippen LogP contribution in [0, 0.1) is 11.8 Å². The van der Waals surface area contributed by atoms with Gasteiger partial charge in [-0.15, -0.1) is 0 Å². The Bertz CT molecular complexity index is 141. The summed E-state index contributed by atoms with van der Waals surface area (Å²) in [6.07, 6.45) is 0. The summed E-state index contributed by atoms with van der Waals surface area (Å²) in [5.41, 5.74) is 0. The lowest BCUT2D eigenvalue weighted by Crippen LogP contribution is -2.01. The predicted octanol–water partition coefficient (Wildman–Crippen LogP) is -0.111. The van der Waals surface area contributed by atoms with E-state index in [1.54, 1.807) is 0 Å². The minimum atomic E-state index is -0.938. The van der Waals surface area contributed by atoms with Gasteiger partial charge in [-0.25, -0.2) is 10.1 Å². The van der Waals surface area contributed by atoms with Gasteiger partial charge in [0.25, 0.3) is 0 Å². The smallest absolute Gasteiger partial charge is 0.252 e. The first-order valence-electron chi connectivity index (χ1n) is 1.92. The van der Waals surface area contributed by atoms with Crippen LogP contribution >= 0.6 is 0 Å². The molecule has 0 rings (SSSR count). The van der Waals surface area contributed by atoms with E-state index in [1.165, 1.54) is 6.92 Å². The van der Waals surface area contributed by atoms with Crippen molar-refractivity contribution < 1.29 is 25.0 Å². The zero-order chi connectivity index (χ0) is 7.11. The highest BCUT2D eigenvalue weighted by Crippen LogP contribution is 1.77. The Morgan fingerprint density at radius 1 is 1.67 bits per heavy atom. The second-order valence-corrected chi connectivity index (χ2v) is 0.888. The lowest BCUT2D eigenvalue weighted by atomic mass is 10.6. The molecular weight excluding hydrogens is 128 g/mol. The second-order valence-electron chi connectivity index (χ2n) is 0.888.